The molecule has 5 nitrogen and oxygen atoms in total. The van der Waals surface area contributed by atoms with Crippen LogP contribution in [0.3, 0.4) is 0 Å². The molecule has 1 unspecified atom stereocenters. The lowest BCUT2D eigenvalue weighted by atomic mass is 10.1. The smallest absolute Gasteiger partial charge is 0.254 e. The molecule has 1 fully saturated rings. The highest BCUT2D eigenvalue weighted by Gasteiger charge is 2.23. The number of carbonyl (C=O) groups excluding carboxylic acids is 1. The second-order valence-electron chi connectivity index (χ2n) is 7.89. The van der Waals surface area contributed by atoms with E-state index in [4.69, 9.17) is 9.47 Å². The van der Waals surface area contributed by atoms with Crippen LogP contribution in [-0.2, 0) is 17.7 Å². The first-order valence-corrected chi connectivity index (χ1v) is 10.9. The first-order chi connectivity index (χ1) is 15.7. The number of nitrogens with zero attached hydrogens (tertiary/aromatic N) is 2. The molecule has 2 aromatic carbocycles. The van der Waals surface area contributed by atoms with E-state index in [0.717, 1.165) is 25.0 Å². The highest BCUT2D eigenvalue weighted by Crippen LogP contribution is 2.20. The van der Waals surface area contributed by atoms with Crippen LogP contribution in [0, 0.1) is 5.82 Å². The average molecular weight is 435 g/mol. The Balaban J connectivity index is 1.42. The number of pyridine rings is 1. The van der Waals surface area contributed by atoms with Crippen LogP contribution in [0.1, 0.15) is 34.3 Å². The number of hydrogen-bond acceptors (Lipinski definition) is 4. The minimum atomic E-state index is -0.218. The molecule has 0 radical (unpaired) electrons. The van der Waals surface area contributed by atoms with E-state index in [-0.39, 0.29) is 17.8 Å². The lowest BCUT2D eigenvalue weighted by molar-refractivity contribution is 0.0507. The van der Waals surface area contributed by atoms with E-state index in [1.54, 1.807) is 36.7 Å². The predicted molar refractivity (Wildman–Crippen MR) is 120 cm³/mol. The molecule has 1 amide bonds. The summed E-state index contributed by atoms with van der Waals surface area (Å²) in [7, 11) is 0. The van der Waals surface area contributed by atoms with Crippen molar-refractivity contribution >= 4 is 5.91 Å². The van der Waals surface area contributed by atoms with Gasteiger partial charge < -0.3 is 14.4 Å². The van der Waals surface area contributed by atoms with Gasteiger partial charge in [0.2, 0.25) is 0 Å². The molecule has 0 N–H and O–H groups in total. The molecular formula is C26H27FN2O3. The molecule has 4 rings (SSSR count). The molecular weight excluding hydrogens is 407 g/mol. The van der Waals surface area contributed by atoms with Gasteiger partial charge in [0.1, 0.15) is 11.6 Å². The van der Waals surface area contributed by atoms with Gasteiger partial charge in [0, 0.05) is 44.1 Å². The van der Waals surface area contributed by atoms with Gasteiger partial charge in [0.25, 0.3) is 5.91 Å². The first-order valence-electron chi connectivity index (χ1n) is 10.9. The number of benzene rings is 2. The first kappa shape index (κ1) is 22.0. The summed E-state index contributed by atoms with van der Waals surface area (Å²) in [6, 6.07) is 17.9. The molecule has 1 atom stereocenters. The van der Waals surface area contributed by atoms with Gasteiger partial charge in [-0.05, 0) is 54.3 Å². The summed E-state index contributed by atoms with van der Waals surface area (Å²) in [5.74, 6) is 0.435. The minimum Gasteiger partial charge on any atom is -0.493 e. The molecule has 1 aliphatic rings. The van der Waals surface area contributed by atoms with Crippen LogP contribution in [-0.4, -0.2) is 41.7 Å². The maximum atomic E-state index is 13.8. The Morgan fingerprint density at radius 3 is 2.75 bits per heavy atom. The van der Waals surface area contributed by atoms with E-state index in [2.05, 4.69) is 4.98 Å². The Morgan fingerprint density at radius 1 is 1.12 bits per heavy atom. The van der Waals surface area contributed by atoms with Crippen LogP contribution in [0.5, 0.6) is 5.75 Å². The van der Waals surface area contributed by atoms with E-state index in [1.807, 2.05) is 35.2 Å². The van der Waals surface area contributed by atoms with E-state index < -0.39 is 0 Å². The average Bonchev–Trinajstić information content (AvgIpc) is 3.33. The minimum absolute atomic E-state index is 0.0474. The maximum absolute atomic E-state index is 13.8. The number of amides is 1. The van der Waals surface area contributed by atoms with Crippen molar-refractivity contribution in [3.63, 3.8) is 0 Å². The third-order valence-corrected chi connectivity index (χ3v) is 5.53. The second kappa shape index (κ2) is 10.9. The lowest BCUT2D eigenvalue weighted by Crippen LogP contribution is -2.37. The summed E-state index contributed by atoms with van der Waals surface area (Å²) in [5, 5.41) is 0. The highest BCUT2D eigenvalue weighted by molar-refractivity contribution is 5.94. The Morgan fingerprint density at radius 2 is 1.97 bits per heavy atom. The van der Waals surface area contributed by atoms with Crippen molar-refractivity contribution in [1.29, 1.82) is 0 Å². The fourth-order valence-electron chi connectivity index (χ4n) is 3.86. The van der Waals surface area contributed by atoms with Crippen LogP contribution in [0.4, 0.5) is 4.39 Å². The van der Waals surface area contributed by atoms with Gasteiger partial charge in [-0.15, -0.1) is 0 Å². The summed E-state index contributed by atoms with van der Waals surface area (Å²) in [6.07, 6.45) is 5.78. The van der Waals surface area contributed by atoms with E-state index in [1.165, 1.54) is 6.07 Å². The van der Waals surface area contributed by atoms with Gasteiger partial charge in [-0.25, -0.2) is 4.39 Å². The van der Waals surface area contributed by atoms with Gasteiger partial charge >= 0.3 is 0 Å². The fourth-order valence-corrected chi connectivity index (χ4v) is 3.86. The van der Waals surface area contributed by atoms with Gasteiger partial charge in [0.15, 0.2) is 0 Å². The number of hydrogen-bond donors (Lipinski definition) is 0. The second-order valence-corrected chi connectivity index (χ2v) is 7.89. The van der Waals surface area contributed by atoms with Crippen LogP contribution in [0.15, 0.2) is 73.1 Å². The Bertz CT molecular complexity index is 1020. The number of ether oxygens (including phenoxy) is 2. The van der Waals surface area contributed by atoms with Gasteiger partial charge in [0.05, 0.1) is 12.7 Å². The monoisotopic (exact) mass is 434 g/mol. The molecule has 166 valence electrons. The summed E-state index contributed by atoms with van der Waals surface area (Å²) < 4.78 is 25.4. The van der Waals surface area contributed by atoms with Crippen LogP contribution in [0.25, 0.3) is 0 Å². The molecule has 0 spiro atoms. The van der Waals surface area contributed by atoms with Crippen molar-refractivity contribution in [2.45, 2.75) is 31.9 Å². The zero-order valence-electron chi connectivity index (χ0n) is 18.0. The number of carbonyl (C=O) groups is 1. The lowest BCUT2D eigenvalue weighted by Gasteiger charge is -2.26. The van der Waals surface area contributed by atoms with Crippen molar-refractivity contribution in [3.8, 4) is 5.75 Å². The molecule has 6 heteroatoms. The molecule has 32 heavy (non-hydrogen) atoms. The normalized spacial score (nSPS) is 15.5. The van der Waals surface area contributed by atoms with Gasteiger partial charge in [-0.2, -0.15) is 0 Å². The largest absolute Gasteiger partial charge is 0.493 e. The topological polar surface area (TPSA) is 51.7 Å². The van der Waals surface area contributed by atoms with Crippen LogP contribution in [0.2, 0.25) is 0 Å². The van der Waals surface area contributed by atoms with Crippen LogP contribution < -0.4 is 4.74 Å². The zero-order valence-corrected chi connectivity index (χ0v) is 18.0. The van der Waals surface area contributed by atoms with E-state index in [0.29, 0.717) is 43.0 Å². The highest BCUT2D eigenvalue weighted by atomic mass is 19.1. The van der Waals surface area contributed by atoms with Crippen molar-refractivity contribution < 1.29 is 18.7 Å². The molecule has 3 aromatic rings. The standard InChI is InChI=1S/C26H27FN2O3/c27-25-9-2-1-6-21(25)12-16-32-23-7-3-5-20(17-23)18-29(19-24-8-4-15-31-24)26(30)22-10-13-28-14-11-22/h1-3,5-7,9-11,13-14,17,24H,4,8,12,15-16,18-19H2. The van der Waals surface area contributed by atoms with Crippen molar-refractivity contribution in [1.82, 2.24) is 9.88 Å². The summed E-state index contributed by atoms with van der Waals surface area (Å²) in [5.41, 5.74) is 2.21. The SMILES string of the molecule is O=C(c1ccncc1)N(Cc1cccc(OCCc2ccccc2F)c1)CC1CCCO1. The molecule has 0 saturated carbocycles. The third kappa shape index (κ3) is 5.92. The van der Waals surface area contributed by atoms with Crippen molar-refractivity contribution in [2.75, 3.05) is 19.8 Å². The molecule has 0 aliphatic carbocycles. The number of halogens is 1. The fraction of sp³-hybridized carbons (Fsp3) is 0.308. The molecule has 0 bridgehead atoms. The number of rotatable bonds is 9. The van der Waals surface area contributed by atoms with E-state index in [9.17, 15) is 9.18 Å². The zero-order chi connectivity index (χ0) is 22.2. The Kier molecular flexibility index (Phi) is 7.46. The predicted octanol–water partition coefficient (Wildman–Crippen LogP) is 4.66. The van der Waals surface area contributed by atoms with Crippen molar-refractivity contribution in [2.24, 2.45) is 0 Å². The number of aromatic nitrogens is 1. The molecule has 1 saturated heterocycles. The van der Waals surface area contributed by atoms with Crippen LogP contribution >= 0.6 is 0 Å². The van der Waals surface area contributed by atoms with Gasteiger partial charge in [-0.1, -0.05) is 30.3 Å². The molecule has 1 aromatic heterocycles. The Hall–Kier alpha value is -3.25. The summed E-state index contributed by atoms with van der Waals surface area (Å²) in [4.78, 5) is 19.0. The molecule has 1 aliphatic heterocycles. The van der Waals surface area contributed by atoms with Gasteiger partial charge in [-0.3, -0.25) is 9.78 Å². The summed E-state index contributed by atoms with van der Waals surface area (Å²) in [6.45, 7) is 2.11. The third-order valence-electron chi connectivity index (χ3n) is 5.53. The molecule has 2 heterocycles. The maximum Gasteiger partial charge on any atom is 0.254 e. The van der Waals surface area contributed by atoms with Crippen molar-refractivity contribution in [3.05, 3.63) is 95.6 Å². The summed E-state index contributed by atoms with van der Waals surface area (Å²) >= 11 is 0. The quantitative estimate of drug-likeness (QED) is 0.491. The van der Waals surface area contributed by atoms with E-state index >= 15 is 0 Å². The Labute approximate surface area is 187 Å².